The number of fused-ring (bicyclic) bond motifs is 3. The quantitative estimate of drug-likeness (QED) is 0.307. The first-order valence-corrected chi connectivity index (χ1v) is 11.7. The molecule has 0 radical (unpaired) electrons. The topological polar surface area (TPSA) is 119 Å². The van der Waals surface area contributed by atoms with Crippen molar-refractivity contribution >= 4 is 61.7 Å². The molecule has 0 atom stereocenters. The number of benzene rings is 2. The van der Waals surface area contributed by atoms with Crippen LogP contribution in [0.4, 0.5) is 10.7 Å². The summed E-state index contributed by atoms with van der Waals surface area (Å²) < 4.78 is 16.6. The van der Waals surface area contributed by atoms with Crippen molar-refractivity contribution in [1.82, 2.24) is 5.32 Å². The van der Waals surface area contributed by atoms with Crippen LogP contribution in [0.3, 0.4) is 0 Å². The molecular formula is C25H25N3O6S. The molecule has 2 heterocycles. The van der Waals surface area contributed by atoms with E-state index < -0.39 is 11.9 Å². The van der Waals surface area contributed by atoms with Crippen LogP contribution in [0.5, 0.6) is 5.75 Å². The van der Waals surface area contributed by atoms with Gasteiger partial charge < -0.3 is 29.8 Å². The summed E-state index contributed by atoms with van der Waals surface area (Å²) in [6, 6.07) is 11.3. The maximum Gasteiger partial charge on any atom is 0.341 e. The van der Waals surface area contributed by atoms with Gasteiger partial charge in [-0.25, -0.2) is 4.79 Å². The van der Waals surface area contributed by atoms with Crippen molar-refractivity contribution in [3.63, 3.8) is 0 Å². The molecule has 0 bridgehead atoms. The van der Waals surface area contributed by atoms with Crippen LogP contribution in [0.2, 0.25) is 0 Å². The fourth-order valence-electron chi connectivity index (χ4n) is 3.79. The van der Waals surface area contributed by atoms with E-state index in [1.165, 1.54) is 7.05 Å². The highest BCUT2D eigenvalue weighted by atomic mass is 32.1. The summed E-state index contributed by atoms with van der Waals surface area (Å²) in [4.78, 5) is 37.9. The Morgan fingerprint density at radius 2 is 1.86 bits per heavy atom. The van der Waals surface area contributed by atoms with Crippen LogP contribution in [-0.4, -0.2) is 45.1 Å². The highest BCUT2D eigenvalue weighted by Gasteiger charge is 2.26. The van der Waals surface area contributed by atoms with Crippen molar-refractivity contribution in [2.75, 3.05) is 37.9 Å². The lowest BCUT2D eigenvalue weighted by Crippen LogP contribution is -2.22. The van der Waals surface area contributed by atoms with Gasteiger partial charge in [0, 0.05) is 23.9 Å². The normalized spacial score (nSPS) is 10.9. The fourth-order valence-corrected chi connectivity index (χ4v) is 4.94. The van der Waals surface area contributed by atoms with Crippen LogP contribution >= 0.6 is 11.3 Å². The lowest BCUT2D eigenvalue weighted by Gasteiger charge is -2.12. The minimum atomic E-state index is -0.600. The van der Waals surface area contributed by atoms with E-state index >= 15 is 0 Å². The predicted molar refractivity (Wildman–Crippen MR) is 136 cm³/mol. The number of ether oxygens (including phenoxy) is 2. The number of thiophene rings is 1. The smallest absolute Gasteiger partial charge is 0.341 e. The summed E-state index contributed by atoms with van der Waals surface area (Å²) in [5.41, 5.74) is 2.61. The number of rotatable bonds is 8. The second-order valence-electron chi connectivity index (χ2n) is 7.61. The van der Waals surface area contributed by atoms with Crippen molar-refractivity contribution in [2.45, 2.75) is 13.8 Å². The minimum Gasteiger partial charge on any atom is -0.495 e. The zero-order chi connectivity index (χ0) is 25.1. The molecule has 35 heavy (non-hydrogen) atoms. The molecule has 4 rings (SSSR count). The average Bonchev–Trinajstić information content (AvgIpc) is 3.38. The monoisotopic (exact) mass is 495 g/mol. The number of nitrogens with one attached hydrogen (secondary N) is 3. The van der Waals surface area contributed by atoms with Crippen LogP contribution in [-0.2, 0) is 9.53 Å². The molecule has 9 nitrogen and oxygen atoms in total. The summed E-state index contributed by atoms with van der Waals surface area (Å²) in [6.07, 6.45) is 0. The molecule has 0 aliphatic heterocycles. The Morgan fingerprint density at radius 1 is 1.09 bits per heavy atom. The summed E-state index contributed by atoms with van der Waals surface area (Å²) >= 11 is 1.02. The van der Waals surface area contributed by atoms with E-state index in [1.807, 2.05) is 30.3 Å². The van der Waals surface area contributed by atoms with Gasteiger partial charge in [-0.15, -0.1) is 11.3 Å². The molecule has 0 fully saturated rings. The molecule has 0 aliphatic carbocycles. The second-order valence-corrected chi connectivity index (χ2v) is 8.63. The van der Waals surface area contributed by atoms with Gasteiger partial charge in [0.15, 0.2) is 0 Å². The van der Waals surface area contributed by atoms with Crippen LogP contribution in [0.1, 0.15) is 32.5 Å². The Morgan fingerprint density at radius 3 is 2.57 bits per heavy atom. The second kappa shape index (κ2) is 10.1. The molecule has 0 unspecified atom stereocenters. The van der Waals surface area contributed by atoms with Gasteiger partial charge in [0.2, 0.25) is 5.91 Å². The van der Waals surface area contributed by atoms with Gasteiger partial charge in [0.1, 0.15) is 21.9 Å². The molecular weight excluding hydrogens is 470 g/mol. The molecule has 10 heteroatoms. The first-order valence-electron chi connectivity index (χ1n) is 10.9. The Balaban J connectivity index is 1.57. The first kappa shape index (κ1) is 24.1. The van der Waals surface area contributed by atoms with Gasteiger partial charge >= 0.3 is 5.97 Å². The molecule has 2 aromatic carbocycles. The van der Waals surface area contributed by atoms with Gasteiger partial charge in [0.05, 0.1) is 36.4 Å². The molecule has 3 N–H and O–H groups in total. The number of para-hydroxylation sites is 1. The van der Waals surface area contributed by atoms with Crippen LogP contribution in [0, 0.1) is 6.92 Å². The van der Waals surface area contributed by atoms with Crippen molar-refractivity contribution in [3.8, 4) is 5.75 Å². The van der Waals surface area contributed by atoms with Gasteiger partial charge in [0.25, 0.3) is 5.91 Å². The summed E-state index contributed by atoms with van der Waals surface area (Å²) in [5, 5.41) is 10.5. The van der Waals surface area contributed by atoms with E-state index in [-0.39, 0.29) is 29.6 Å². The SMILES string of the molecule is CCOC(=O)c1c(NC(=O)CNc2cc3oc4ccccc4c3cc2OC)sc(C(=O)NC)c1C. The first-order chi connectivity index (χ1) is 16.9. The average molecular weight is 496 g/mol. The van der Waals surface area contributed by atoms with E-state index in [9.17, 15) is 14.4 Å². The lowest BCUT2D eigenvalue weighted by molar-refractivity contribution is -0.114. The van der Waals surface area contributed by atoms with Crippen molar-refractivity contribution in [2.24, 2.45) is 0 Å². The Kier molecular flexibility index (Phi) is 6.92. The largest absolute Gasteiger partial charge is 0.495 e. The number of hydrogen-bond donors (Lipinski definition) is 3. The van der Waals surface area contributed by atoms with E-state index in [0.717, 1.165) is 27.7 Å². The molecule has 182 valence electrons. The van der Waals surface area contributed by atoms with Gasteiger partial charge in [-0.3, -0.25) is 9.59 Å². The van der Waals surface area contributed by atoms with E-state index in [2.05, 4.69) is 16.0 Å². The molecule has 0 aliphatic rings. The Bertz CT molecular complexity index is 1440. The van der Waals surface area contributed by atoms with Crippen molar-refractivity contribution in [1.29, 1.82) is 0 Å². The summed E-state index contributed by atoms with van der Waals surface area (Å²) in [5.74, 6) is -0.804. The van der Waals surface area contributed by atoms with Crippen LogP contribution in [0.25, 0.3) is 21.9 Å². The molecule has 4 aromatic rings. The van der Waals surface area contributed by atoms with E-state index in [4.69, 9.17) is 13.9 Å². The maximum absolute atomic E-state index is 12.8. The Hall–Kier alpha value is -4.05. The van der Waals surface area contributed by atoms with Crippen LogP contribution < -0.4 is 20.7 Å². The predicted octanol–water partition coefficient (Wildman–Crippen LogP) is 4.55. The molecule has 0 spiro atoms. The van der Waals surface area contributed by atoms with Crippen LogP contribution in [0.15, 0.2) is 40.8 Å². The molecule has 0 saturated heterocycles. The fraction of sp³-hybridized carbons (Fsp3) is 0.240. The highest BCUT2D eigenvalue weighted by Crippen LogP contribution is 2.37. The Labute approximate surface area is 205 Å². The lowest BCUT2D eigenvalue weighted by atomic mass is 10.1. The molecule has 2 aromatic heterocycles. The highest BCUT2D eigenvalue weighted by molar-refractivity contribution is 7.18. The summed E-state index contributed by atoms with van der Waals surface area (Å²) in [6.45, 7) is 3.39. The third kappa shape index (κ3) is 4.65. The molecule has 2 amide bonds. The zero-order valence-corrected chi connectivity index (χ0v) is 20.6. The standard InChI is InChI=1S/C25H25N3O6S/c1-5-33-25(31)21-13(2)22(23(30)26-3)35-24(21)28-20(29)12-27-16-11-18-15(10-19(16)32-4)14-8-6-7-9-17(14)34-18/h6-11,27H,5,12H2,1-4H3,(H,26,30)(H,28,29). The number of carbonyl (C=O) groups is 3. The van der Waals surface area contributed by atoms with Gasteiger partial charge in [-0.05, 0) is 31.5 Å². The zero-order valence-electron chi connectivity index (χ0n) is 19.7. The maximum atomic E-state index is 12.8. The number of amides is 2. The number of esters is 1. The minimum absolute atomic E-state index is 0.114. The van der Waals surface area contributed by atoms with Gasteiger partial charge in [-0.2, -0.15) is 0 Å². The summed E-state index contributed by atoms with van der Waals surface area (Å²) in [7, 11) is 3.05. The van der Waals surface area contributed by atoms with Crippen molar-refractivity contribution in [3.05, 3.63) is 52.4 Å². The number of carbonyl (C=O) groups excluding carboxylic acids is 3. The van der Waals surface area contributed by atoms with E-state index in [1.54, 1.807) is 27.0 Å². The third-order valence-electron chi connectivity index (χ3n) is 5.45. The molecule has 0 saturated carbocycles. The number of furan rings is 1. The van der Waals surface area contributed by atoms with Gasteiger partial charge in [-0.1, -0.05) is 18.2 Å². The number of methoxy groups -OCH3 is 1. The number of hydrogen-bond acceptors (Lipinski definition) is 8. The van der Waals surface area contributed by atoms with E-state index in [0.29, 0.717) is 27.5 Å². The van der Waals surface area contributed by atoms with Crippen molar-refractivity contribution < 1.29 is 28.3 Å². The number of anilines is 2. The third-order valence-corrected chi connectivity index (χ3v) is 6.66.